The number of rotatable bonds is 2. The highest BCUT2D eigenvalue weighted by atomic mass is 14.9. The van der Waals surface area contributed by atoms with E-state index in [1.54, 1.807) is 6.33 Å². The van der Waals surface area contributed by atoms with Gasteiger partial charge in [-0.15, -0.1) is 0 Å². The third-order valence-electron chi connectivity index (χ3n) is 0.936. The number of aromatic nitrogens is 2. The maximum atomic E-state index is 6.82. The van der Waals surface area contributed by atoms with Crippen LogP contribution in [0.2, 0.25) is 0 Å². The predicted octanol–water partition coefficient (Wildman–Crippen LogP) is 0.235. The molecule has 0 amide bonds. The molecule has 0 aliphatic heterocycles. The third-order valence-corrected chi connectivity index (χ3v) is 0.936. The normalized spacial score (nSPS) is 9.62. The Balaban J connectivity index is 2.50. The van der Waals surface area contributed by atoms with Crippen LogP contribution in [0.15, 0.2) is 12.5 Å². The molecule has 0 spiro atoms. The van der Waals surface area contributed by atoms with Crippen molar-refractivity contribution in [1.29, 1.82) is 0 Å². The average Bonchev–Trinajstić information content (AvgIpc) is 2.19. The van der Waals surface area contributed by atoms with Gasteiger partial charge >= 0.3 is 0 Å². The van der Waals surface area contributed by atoms with Crippen molar-refractivity contribution in [2.75, 3.05) is 6.54 Å². The van der Waals surface area contributed by atoms with Gasteiger partial charge in [-0.2, -0.15) is 0 Å². The van der Waals surface area contributed by atoms with Crippen molar-refractivity contribution < 1.29 is 0 Å². The molecule has 0 unspecified atom stereocenters. The summed E-state index contributed by atoms with van der Waals surface area (Å²) < 4.78 is 0. The van der Waals surface area contributed by atoms with Gasteiger partial charge in [0.25, 0.3) is 0 Å². The second kappa shape index (κ2) is 2.47. The maximum absolute atomic E-state index is 6.82. The molecule has 0 saturated carbocycles. The van der Waals surface area contributed by atoms with Crippen LogP contribution in [0.4, 0.5) is 0 Å². The van der Waals surface area contributed by atoms with Crippen molar-refractivity contribution in [2.24, 2.45) is 0 Å². The Bertz CT molecular complexity index is 133. The van der Waals surface area contributed by atoms with Gasteiger partial charge in [-0.3, -0.25) is 5.73 Å². The number of H-pyrrole nitrogens is 1. The van der Waals surface area contributed by atoms with Crippen LogP contribution in [0.1, 0.15) is 5.69 Å². The first-order valence-corrected chi connectivity index (χ1v) is 2.55. The molecule has 1 aromatic heterocycles. The van der Waals surface area contributed by atoms with Crippen molar-refractivity contribution in [3.05, 3.63) is 18.2 Å². The SMILES string of the molecule is [NH]CCc1c[nH]cn1. The zero-order valence-corrected chi connectivity index (χ0v) is 4.52. The number of imidazole rings is 1. The molecule has 3 nitrogen and oxygen atoms in total. The van der Waals surface area contributed by atoms with Gasteiger partial charge in [-0.1, -0.05) is 0 Å². The van der Waals surface area contributed by atoms with Gasteiger partial charge in [0.2, 0.25) is 0 Å². The Hall–Kier alpha value is -0.830. The van der Waals surface area contributed by atoms with Gasteiger partial charge in [-0.05, 0) is 0 Å². The molecule has 1 aromatic rings. The summed E-state index contributed by atoms with van der Waals surface area (Å²) in [6.45, 7) is 0.421. The third kappa shape index (κ3) is 1.07. The molecule has 3 heteroatoms. The highest BCUT2D eigenvalue weighted by molar-refractivity contribution is 4.93. The van der Waals surface area contributed by atoms with E-state index in [-0.39, 0.29) is 0 Å². The van der Waals surface area contributed by atoms with Crippen LogP contribution in [0, 0.1) is 0 Å². The minimum Gasteiger partial charge on any atom is -0.351 e. The topological polar surface area (TPSA) is 52.5 Å². The van der Waals surface area contributed by atoms with Crippen LogP contribution in [0.3, 0.4) is 0 Å². The second-order valence-electron chi connectivity index (χ2n) is 1.56. The lowest BCUT2D eigenvalue weighted by molar-refractivity contribution is 0.912. The molecule has 1 rings (SSSR count). The Morgan fingerprint density at radius 1 is 1.75 bits per heavy atom. The summed E-state index contributed by atoms with van der Waals surface area (Å²) in [5.74, 6) is 0. The Labute approximate surface area is 47.9 Å². The van der Waals surface area contributed by atoms with Crippen LogP contribution in [-0.4, -0.2) is 16.5 Å². The van der Waals surface area contributed by atoms with Crippen LogP contribution in [-0.2, 0) is 6.42 Å². The van der Waals surface area contributed by atoms with Crippen LogP contribution in [0.25, 0.3) is 0 Å². The Morgan fingerprint density at radius 2 is 2.62 bits per heavy atom. The molecule has 8 heavy (non-hydrogen) atoms. The summed E-state index contributed by atoms with van der Waals surface area (Å²) in [6.07, 6.45) is 4.20. The van der Waals surface area contributed by atoms with Crippen LogP contribution in [0.5, 0.6) is 0 Å². The lowest BCUT2D eigenvalue weighted by atomic mass is 10.3. The van der Waals surface area contributed by atoms with E-state index in [4.69, 9.17) is 5.73 Å². The lowest BCUT2D eigenvalue weighted by Crippen LogP contribution is -1.90. The van der Waals surface area contributed by atoms with Crippen molar-refractivity contribution >= 4 is 0 Å². The van der Waals surface area contributed by atoms with Gasteiger partial charge in [0, 0.05) is 19.2 Å². The van der Waals surface area contributed by atoms with Crippen LogP contribution >= 0.6 is 0 Å². The number of hydrogen-bond acceptors (Lipinski definition) is 1. The fraction of sp³-hybridized carbons (Fsp3) is 0.400. The van der Waals surface area contributed by atoms with Gasteiger partial charge in [0.1, 0.15) is 0 Å². The smallest absolute Gasteiger partial charge is 0.0923 e. The minimum atomic E-state index is 0.421. The quantitative estimate of drug-likeness (QED) is 0.582. The molecule has 0 atom stereocenters. The summed E-state index contributed by atoms with van der Waals surface area (Å²) >= 11 is 0. The summed E-state index contributed by atoms with van der Waals surface area (Å²) in [5.41, 5.74) is 7.80. The molecule has 2 N–H and O–H groups in total. The Morgan fingerprint density at radius 3 is 3.12 bits per heavy atom. The molecule has 0 aromatic carbocycles. The van der Waals surface area contributed by atoms with E-state index in [1.165, 1.54) is 0 Å². The van der Waals surface area contributed by atoms with E-state index in [1.807, 2.05) is 6.20 Å². The van der Waals surface area contributed by atoms with E-state index in [0.717, 1.165) is 12.1 Å². The first-order valence-electron chi connectivity index (χ1n) is 2.55. The number of nitrogens with one attached hydrogen (secondary N) is 2. The molecule has 43 valence electrons. The van der Waals surface area contributed by atoms with E-state index in [9.17, 15) is 0 Å². The van der Waals surface area contributed by atoms with E-state index >= 15 is 0 Å². The van der Waals surface area contributed by atoms with E-state index < -0.39 is 0 Å². The highest BCUT2D eigenvalue weighted by Gasteiger charge is 1.88. The maximum Gasteiger partial charge on any atom is 0.0923 e. The van der Waals surface area contributed by atoms with Crippen molar-refractivity contribution in [3.8, 4) is 0 Å². The zero-order valence-electron chi connectivity index (χ0n) is 4.52. The Kier molecular flexibility index (Phi) is 1.64. The van der Waals surface area contributed by atoms with Gasteiger partial charge in [-0.25, -0.2) is 4.98 Å². The molecule has 1 heterocycles. The van der Waals surface area contributed by atoms with E-state index in [2.05, 4.69) is 9.97 Å². The van der Waals surface area contributed by atoms with E-state index in [0.29, 0.717) is 6.54 Å². The highest BCUT2D eigenvalue weighted by Crippen LogP contribution is 1.88. The minimum absolute atomic E-state index is 0.421. The number of nitrogens with zero attached hydrogens (tertiary/aromatic N) is 1. The average molecular weight is 110 g/mol. The van der Waals surface area contributed by atoms with Crippen LogP contribution < -0.4 is 5.73 Å². The molecule has 0 aliphatic carbocycles. The molecule has 0 fully saturated rings. The summed E-state index contributed by atoms with van der Waals surface area (Å²) in [6, 6.07) is 0. The first-order chi connectivity index (χ1) is 3.93. The lowest BCUT2D eigenvalue weighted by Gasteiger charge is -1.84. The summed E-state index contributed by atoms with van der Waals surface area (Å²) in [7, 11) is 0. The number of aromatic amines is 1. The molecule has 0 aliphatic rings. The van der Waals surface area contributed by atoms with Crippen molar-refractivity contribution in [2.45, 2.75) is 6.42 Å². The van der Waals surface area contributed by atoms with Gasteiger partial charge in [0.15, 0.2) is 0 Å². The zero-order chi connectivity index (χ0) is 5.82. The molecular weight excluding hydrogens is 102 g/mol. The van der Waals surface area contributed by atoms with Crippen molar-refractivity contribution in [1.82, 2.24) is 15.7 Å². The monoisotopic (exact) mass is 110 g/mol. The summed E-state index contributed by atoms with van der Waals surface area (Å²) in [5, 5.41) is 0. The number of hydrogen-bond donors (Lipinski definition) is 1. The molecule has 0 bridgehead atoms. The summed E-state index contributed by atoms with van der Waals surface area (Å²) in [4.78, 5) is 6.75. The standard InChI is InChI=1S/C5H8N3/c6-2-1-5-3-7-4-8-5/h3-4,6H,1-2H2,(H,7,8). The first kappa shape index (κ1) is 5.31. The molecule has 0 saturated heterocycles. The van der Waals surface area contributed by atoms with Crippen molar-refractivity contribution in [3.63, 3.8) is 0 Å². The van der Waals surface area contributed by atoms with Gasteiger partial charge in [0.05, 0.1) is 12.0 Å². The fourth-order valence-electron chi connectivity index (χ4n) is 0.556. The van der Waals surface area contributed by atoms with Gasteiger partial charge < -0.3 is 4.98 Å². The fourth-order valence-corrected chi connectivity index (χ4v) is 0.556. The molecular formula is C5H8N3. The second-order valence-corrected chi connectivity index (χ2v) is 1.56. The largest absolute Gasteiger partial charge is 0.351 e. The predicted molar refractivity (Wildman–Crippen MR) is 30.3 cm³/mol. The molecule has 1 radical (unpaired) electrons.